The quantitative estimate of drug-likeness (QED) is 0.407. The zero-order valence-corrected chi connectivity index (χ0v) is 19.4. The van der Waals surface area contributed by atoms with Crippen molar-refractivity contribution in [3.8, 4) is 11.5 Å². The first-order valence-electron chi connectivity index (χ1n) is 10.5. The van der Waals surface area contributed by atoms with Gasteiger partial charge < -0.3 is 9.47 Å². The molecular formula is C26H22F2N2O3S. The second-order valence-corrected chi connectivity index (χ2v) is 8.39. The van der Waals surface area contributed by atoms with E-state index >= 15 is 0 Å². The molecule has 0 unspecified atom stereocenters. The molecule has 3 aromatic carbocycles. The van der Waals surface area contributed by atoms with E-state index in [1.807, 2.05) is 6.07 Å². The van der Waals surface area contributed by atoms with E-state index in [1.54, 1.807) is 56.7 Å². The molecule has 5 nitrogen and oxygen atoms in total. The maximum Gasteiger partial charge on any atom is 0.271 e. The van der Waals surface area contributed by atoms with Crippen molar-refractivity contribution in [2.45, 2.75) is 6.42 Å². The Morgan fingerprint density at radius 1 is 0.912 bits per heavy atom. The Morgan fingerprint density at radius 2 is 1.56 bits per heavy atom. The third-order valence-electron chi connectivity index (χ3n) is 5.16. The van der Waals surface area contributed by atoms with Gasteiger partial charge in [-0.15, -0.1) is 0 Å². The fourth-order valence-corrected chi connectivity index (χ4v) is 4.43. The topological polar surface area (TPSA) is 51.1 Å². The summed E-state index contributed by atoms with van der Waals surface area (Å²) in [5.41, 5.74) is 2.23. The minimum Gasteiger partial charge on any atom is -0.493 e. The summed E-state index contributed by atoms with van der Waals surface area (Å²) in [6.45, 7) is 0.405. The summed E-state index contributed by atoms with van der Waals surface area (Å²) in [5, 5.41) is 0.491. The number of thioether (sulfide) groups is 1. The number of hydrogen-bond donors (Lipinski definition) is 0. The second kappa shape index (κ2) is 10.5. The molecule has 1 fully saturated rings. The van der Waals surface area contributed by atoms with Crippen LogP contribution in [-0.4, -0.2) is 31.8 Å². The van der Waals surface area contributed by atoms with Crippen molar-refractivity contribution in [1.29, 1.82) is 0 Å². The Balaban J connectivity index is 1.63. The van der Waals surface area contributed by atoms with Gasteiger partial charge in [-0.1, -0.05) is 18.2 Å². The summed E-state index contributed by atoms with van der Waals surface area (Å²) < 4.78 is 37.3. The fraction of sp³-hybridized carbons (Fsp3) is 0.154. The molecule has 0 bridgehead atoms. The molecule has 1 saturated heterocycles. The first-order chi connectivity index (χ1) is 16.5. The maximum absolute atomic E-state index is 13.5. The van der Waals surface area contributed by atoms with Crippen LogP contribution >= 0.6 is 11.8 Å². The van der Waals surface area contributed by atoms with Crippen LogP contribution in [0.4, 0.5) is 14.5 Å². The Hall–Kier alpha value is -3.65. The monoisotopic (exact) mass is 480 g/mol. The van der Waals surface area contributed by atoms with Crippen LogP contribution in [0.15, 0.2) is 76.6 Å². The predicted octanol–water partition coefficient (Wildman–Crippen LogP) is 5.70. The van der Waals surface area contributed by atoms with E-state index in [2.05, 4.69) is 4.99 Å². The zero-order valence-electron chi connectivity index (χ0n) is 18.6. The summed E-state index contributed by atoms with van der Waals surface area (Å²) in [6.07, 6.45) is 2.35. The molecule has 8 heteroatoms. The van der Waals surface area contributed by atoms with E-state index in [0.717, 1.165) is 11.1 Å². The lowest BCUT2D eigenvalue weighted by Crippen LogP contribution is -2.29. The van der Waals surface area contributed by atoms with E-state index in [0.29, 0.717) is 40.2 Å². The van der Waals surface area contributed by atoms with Crippen LogP contribution in [0.1, 0.15) is 11.1 Å². The lowest BCUT2D eigenvalue weighted by atomic mass is 10.1. The number of aliphatic imine (C=N–C) groups is 1. The lowest BCUT2D eigenvalue weighted by Gasteiger charge is -2.15. The minimum absolute atomic E-state index is 0.257. The SMILES string of the molecule is COc1ccc(/C=C2\SC(=NCCc3ccc(F)cc3)N(c3ccc(F)cc3)C2=O)cc1OC. The summed E-state index contributed by atoms with van der Waals surface area (Å²) in [4.78, 5) is 19.9. The van der Waals surface area contributed by atoms with Crippen molar-refractivity contribution < 1.29 is 23.0 Å². The Labute approximate surface area is 200 Å². The van der Waals surface area contributed by atoms with Gasteiger partial charge in [0.25, 0.3) is 5.91 Å². The van der Waals surface area contributed by atoms with E-state index in [9.17, 15) is 13.6 Å². The van der Waals surface area contributed by atoms with Crippen LogP contribution in [0.25, 0.3) is 6.08 Å². The van der Waals surface area contributed by atoms with Crippen molar-refractivity contribution in [2.75, 3.05) is 25.7 Å². The Bertz CT molecular complexity index is 1240. The van der Waals surface area contributed by atoms with Crippen molar-refractivity contribution in [1.82, 2.24) is 0 Å². The molecule has 4 rings (SSSR count). The van der Waals surface area contributed by atoms with Gasteiger partial charge in [0, 0.05) is 6.54 Å². The molecule has 174 valence electrons. The van der Waals surface area contributed by atoms with Crippen molar-refractivity contribution in [2.24, 2.45) is 4.99 Å². The minimum atomic E-state index is -0.390. The number of nitrogens with zero attached hydrogens (tertiary/aromatic N) is 2. The van der Waals surface area contributed by atoms with E-state index in [1.165, 1.54) is 40.9 Å². The average molecular weight is 481 g/mol. The molecule has 0 aromatic heterocycles. The molecule has 3 aromatic rings. The molecule has 0 spiro atoms. The summed E-state index contributed by atoms with van der Waals surface area (Å²) in [5.74, 6) is 0.201. The molecule has 0 saturated carbocycles. The van der Waals surface area contributed by atoms with Gasteiger partial charge in [0.1, 0.15) is 11.6 Å². The van der Waals surface area contributed by atoms with E-state index < -0.39 is 0 Å². The summed E-state index contributed by atoms with van der Waals surface area (Å²) >= 11 is 1.24. The molecule has 1 amide bonds. The summed E-state index contributed by atoms with van der Waals surface area (Å²) in [6, 6.07) is 17.3. The number of ether oxygens (including phenoxy) is 2. The predicted molar refractivity (Wildman–Crippen MR) is 131 cm³/mol. The molecule has 1 heterocycles. The normalized spacial score (nSPS) is 15.9. The number of hydrogen-bond acceptors (Lipinski definition) is 5. The highest BCUT2D eigenvalue weighted by Crippen LogP contribution is 2.37. The van der Waals surface area contributed by atoms with Gasteiger partial charge in [0.05, 0.1) is 24.8 Å². The highest BCUT2D eigenvalue weighted by Gasteiger charge is 2.34. The molecule has 0 atom stereocenters. The number of rotatable bonds is 7. The largest absolute Gasteiger partial charge is 0.493 e. The number of methoxy groups -OCH3 is 2. The highest BCUT2D eigenvalue weighted by molar-refractivity contribution is 8.19. The van der Waals surface area contributed by atoms with Crippen LogP contribution in [0.5, 0.6) is 11.5 Å². The number of anilines is 1. The number of carbonyl (C=O) groups is 1. The van der Waals surface area contributed by atoms with Crippen molar-refractivity contribution >= 4 is 34.6 Å². The number of amides is 1. The lowest BCUT2D eigenvalue weighted by molar-refractivity contribution is -0.113. The van der Waals surface area contributed by atoms with E-state index in [-0.39, 0.29) is 17.5 Å². The van der Waals surface area contributed by atoms with Gasteiger partial charge in [0.2, 0.25) is 0 Å². The van der Waals surface area contributed by atoms with Gasteiger partial charge in [-0.25, -0.2) is 8.78 Å². The van der Waals surface area contributed by atoms with Crippen LogP contribution in [0.3, 0.4) is 0 Å². The summed E-state index contributed by atoms with van der Waals surface area (Å²) in [7, 11) is 3.11. The molecule has 0 N–H and O–H groups in total. The van der Waals surface area contributed by atoms with Crippen LogP contribution in [0.2, 0.25) is 0 Å². The third-order valence-corrected chi connectivity index (χ3v) is 6.16. The number of halogens is 2. The first-order valence-corrected chi connectivity index (χ1v) is 11.3. The van der Waals surface area contributed by atoms with Crippen molar-refractivity contribution in [3.63, 3.8) is 0 Å². The highest BCUT2D eigenvalue weighted by atomic mass is 32.2. The molecule has 0 aliphatic carbocycles. The average Bonchev–Trinajstić information content (AvgIpc) is 3.15. The van der Waals surface area contributed by atoms with Crippen LogP contribution in [-0.2, 0) is 11.2 Å². The van der Waals surface area contributed by atoms with Crippen LogP contribution in [0, 0.1) is 11.6 Å². The van der Waals surface area contributed by atoms with Gasteiger partial charge in [-0.2, -0.15) is 0 Å². The fourth-order valence-electron chi connectivity index (χ4n) is 3.42. The Morgan fingerprint density at radius 3 is 2.21 bits per heavy atom. The Kier molecular flexibility index (Phi) is 7.27. The van der Waals surface area contributed by atoms with E-state index in [4.69, 9.17) is 9.47 Å². The molecule has 34 heavy (non-hydrogen) atoms. The third kappa shape index (κ3) is 5.28. The second-order valence-electron chi connectivity index (χ2n) is 7.38. The molecule has 0 radical (unpaired) electrons. The zero-order chi connectivity index (χ0) is 24.1. The maximum atomic E-state index is 13.5. The molecule has 1 aliphatic heterocycles. The smallest absolute Gasteiger partial charge is 0.271 e. The number of carbonyl (C=O) groups excluding carboxylic acids is 1. The molecular weight excluding hydrogens is 458 g/mol. The van der Waals surface area contributed by atoms with Gasteiger partial charge in [-0.05, 0) is 83.9 Å². The molecule has 1 aliphatic rings. The van der Waals surface area contributed by atoms with Crippen molar-refractivity contribution in [3.05, 3.63) is 94.4 Å². The standard InChI is InChI=1S/C26H22F2N2O3S/c1-32-22-12-5-18(15-23(22)33-2)16-24-25(31)30(21-10-8-20(28)9-11-21)26(34-24)29-14-13-17-3-6-19(27)7-4-17/h3-12,15-16H,13-14H2,1-2H3/b24-16-,29-26?. The first kappa shape index (κ1) is 23.5. The van der Waals surface area contributed by atoms with Gasteiger partial charge >= 0.3 is 0 Å². The van der Waals surface area contributed by atoms with Gasteiger partial charge in [-0.3, -0.25) is 14.7 Å². The number of benzene rings is 3. The van der Waals surface area contributed by atoms with Crippen LogP contribution < -0.4 is 14.4 Å². The number of amidine groups is 1. The van der Waals surface area contributed by atoms with Gasteiger partial charge in [0.15, 0.2) is 16.7 Å².